The molecule has 0 aromatic heterocycles. The Hall–Kier alpha value is -1.06. The first-order chi connectivity index (χ1) is 7.66. The second kappa shape index (κ2) is 4.85. The van der Waals surface area contributed by atoms with Crippen LogP contribution in [0.25, 0.3) is 0 Å². The van der Waals surface area contributed by atoms with Crippen molar-refractivity contribution in [2.75, 3.05) is 13.1 Å². The number of carbonyl (C=O) groups excluding carboxylic acids is 2. The van der Waals surface area contributed by atoms with Gasteiger partial charge < -0.3 is 10.2 Å². The van der Waals surface area contributed by atoms with Crippen molar-refractivity contribution in [1.29, 1.82) is 0 Å². The molecule has 2 fully saturated rings. The summed E-state index contributed by atoms with van der Waals surface area (Å²) in [6.07, 6.45) is 5.10. The van der Waals surface area contributed by atoms with Crippen molar-refractivity contribution in [1.82, 2.24) is 10.2 Å². The molecule has 0 radical (unpaired) electrons. The van der Waals surface area contributed by atoms with Gasteiger partial charge in [0.25, 0.3) is 0 Å². The molecule has 0 atom stereocenters. The number of nitrogens with zero attached hydrogens (tertiary/aromatic N) is 1. The Balaban J connectivity index is 1.72. The van der Waals surface area contributed by atoms with Crippen LogP contribution in [0.5, 0.6) is 0 Å². The Kier molecular flexibility index (Phi) is 3.46. The van der Waals surface area contributed by atoms with Crippen LogP contribution in [0, 0.1) is 5.92 Å². The molecule has 1 saturated carbocycles. The summed E-state index contributed by atoms with van der Waals surface area (Å²) in [6.45, 7) is 3.17. The molecule has 0 aromatic rings. The van der Waals surface area contributed by atoms with Crippen LogP contribution in [0.1, 0.15) is 39.0 Å². The summed E-state index contributed by atoms with van der Waals surface area (Å²) in [5.41, 5.74) is 0. The second-order valence-corrected chi connectivity index (χ2v) is 4.92. The minimum Gasteiger partial charge on any atom is -0.353 e. The average molecular weight is 224 g/mol. The van der Waals surface area contributed by atoms with E-state index in [4.69, 9.17) is 0 Å². The number of nitrogens with one attached hydrogen (secondary N) is 1. The maximum atomic E-state index is 11.7. The molecule has 1 aliphatic carbocycles. The molecular weight excluding hydrogens is 204 g/mol. The highest BCUT2D eigenvalue weighted by atomic mass is 16.2. The molecule has 1 N–H and O–H groups in total. The van der Waals surface area contributed by atoms with E-state index < -0.39 is 0 Å². The quantitative estimate of drug-likeness (QED) is 0.758. The summed E-state index contributed by atoms with van der Waals surface area (Å²) in [4.78, 5) is 24.7. The number of likely N-dealkylation sites (tertiary alicyclic amines) is 1. The lowest BCUT2D eigenvalue weighted by Gasteiger charge is -2.33. The minimum atomic E-state index is 0.142. The zero-order chi connectivity index (χ0) is 11.5. The fourth-order valence-corrected chi connectivity index (χ4v) is 2.33. The number of rotatable bonds is 2. The zero-order valence-corrected chi connectivity index (χ0v) is 9.87. The van der Waals surface area contributed by atoms with Gasteiger partial charge in [-0.05, 0) is 25.7 Å². The van der Waals surface area contributed by atoms with Crippen LogP contribution in [0.2, 0.25) is 0 Å². The van der Waals surface area contributed by atoms with Crippen molar-refractivity contribution in [2.45, 2.75) is 45.1 Å². The van der Waals surface area contributed by atoms with E-state index in [0.717, 1.165) is 38.8 Å². The van der Waals surface area contributed by atoms with Gasteiger partial charge in [-0.15, -0.1) is 0 Å². The van der Waals surface area contributed by atoms with E-state index in [0.29, 0.717) is 0 Å². The van der Waals surface area contributed by atoms with E-state index in [2.05, 4.69) is 5.32 Å². The largest absolute Gasteiger partial charge is 0.353 e. The summed E-state index contributed by atoms with van der Waals surface area (Å²) in [7, 11) is 0. The Bertz CT molecular complexity index is 279. The van der Waals surface area contributed by atoms with Crippen LogP contribution in [0.4, 0.5) is 0 Å². The van der Waals surface area contributed by atoms with Crippen molar-refractivity contribution >= 4 is 11.8 Å². The second-order valence-electron chi connectivity index (χ2n) is 4.92. The predicted molar refractivity (Wildman–Crippen MR) is 60.8 cm³/mol. The van der Waals surface area contributed by atoms with E-state index in [-0.39, 0.29) is 23.8 Å². The molecule has 16 heavy (non-hydrogen) atoms. The molecular formula is C12H20N2O2. The van der Waals surface area contributed by atoms with Crippen LogP contribution in [-0.2, 0) is 9.59 Å². The third-order valence-electron chi connectivity index (χ3n) is 3.76. The Morgan fingerprint density at radius 2 is 1.75 bits per heavy atom. The third kappa shape index (κ3) is 2.54. The zero-order valence-electron chi connectivity index (χ0n) is 9.87. The highest BCUT2D eigenvalue weighted by molar-refractivity contribution is 5.79. The van der Waals surface area contributed by atoms with Crippen molar-refractivity contribution in [3.05, 3.63) is 0 Å². The SMILES string of the molecule is CC(=O)N1CCC(NC(=O)C2CCC2)CC1. The van der Waals surface area contributed by atoms with Crippen LogP contribution < -0.4 is 5.32 Å². The summed E-state index contributed by atoms with van der Waals surface area (Å²) in [5, 5.41) is 3.10. The maximum absolute atomic E-state index is 11.7. The maximum Gasteiger partial charge on any atom is 0.223 e. The van der Waals surface area contributed by atoms with Crippen molar-refractivity contribution < 1.29 is 9.59 Å². The fraction of sp³-hybridized carbons (Fsp3) is 0.833. The Morgan fingerprint density at radius 3 is 2.19 bits per heavy atom. The topological polar surface area (TPSA) is 49.4 Å². The lowest BCUT2D eigenvalue weighted by molar-refractivity contribution is -0.130. The van der Waals surface area contributed by atoms with Crippen molar-refractivity contribution in [3.8, 4) is 0 Å². The molecule has 1 saturated heterocycles. The van der Waals surface area contributed by atoms with Crippen molar-refractivity contribution in [3.63, 3.8) is 0 Å². The molecule has 4 nitrogen and oxygen atoms in total. The summed E-state index contributed by atoms with van der Waals surface area (Å²) < 4.78 is 0. The summed E-state index contributed by atoms with van der Waals surface area (Å²) in [5.74, 6) is 0.641. The molecule has 90 valence electrons. The third-order valence-corrected chi connectivity index (χ3v) is 3.76. The van der Waals surface area contributed by atoms with E-state index in [1.807, 2.05) is 4.90 Å². The summed E-state index contributed by atoms with van der Waals surface area (Å²) in [6, 6.07) is 0.281. The first-order valence-corrected chi connectivity index (χ1v) is 6.22. The van der Waals surface area contributed by atoms with Gasteiger partial charge in [-0.25, -0.2) is 0 Å². The van der Waals surface area contributed by atoms with Crippen LogP contribution in [0.3, 0.4) is 0 Å². The molecule has 0 bridgehead atoms. The molecule has 0 aromatic carbocycles. The fourth-order valence-electron chi connectivity index (χ4n) is 2.33. The van der Waals surface area contributed by atoms with Gasteiger partial charge in [0.2, 0.25) is 11.8 Å². The smallest absolute Gasteiger partial charge is 0.223 e. The Labute approximate surface area is 96.4 Å². The molecule has 2 amide bonds. The van der Waals surface area contributed by atoms with Gasteiger partial charge >= 0.3 is 0 Å². The normalized spacial score (nSPS) is 22.7. The first-order valence-electron chi connectivity index (χ1n) is 6.22. The highest BCUT2D eigenvalue weighted by Crippen LogP contribution is 2.26. The lowest BCUT2D eigenvalue weighted by atomic mass is 9.84. The molecule has 0 unspecified atom stereocenters. The number of hydrogen-bond acceptors (Lipinski definition) is 2. The number of carbonyl (C=O) groups is 2. The lowest BCUT2D eigenvalue weighted by Crippen LogP contribution is -2.48. The monoisotopic (exact) mass is 224 g/mol. The summed E-state index contributed by atoms with van der Waals surface area (Å²) >= 11 is 0. The molecule has 4 heteroatoms. The number of hydrogen-bond donors (Lipinski definition) is 1. The average Bonchev–Trinajstić information content (AvgIpc) is 2.15. The molecule has 0 spiro atoms. The predicted octanol–water partition coefficient (Wildman–Crippen LogP) is 0.914. The van der Waals surface area contributed by atoms with E-state index in [1.165, 1.54) is 6.42 Å². The number of amides is 2. The van der Waals surface area contributed by atoms with E-state index >= 15 is 0 Å². The van der Waals surface area contributed by atoms with Gasteiger partial charge in [-0.1, -0.05) is 6.42 Å². The van der Waals surface area contributed by atoms with Gasteiger partial charge in [0, 0.05) is 32.0 Å². The van der Waals surface area contributed by atoms with Crippen molar-refractivity contribution in [2.24, 2.45) is 5.92 Å². The first kappa shape index (κ1) is 11.4. The van der Waals surface area contributed by atoms with Crippen LogP contribution in [-0.4, -0.2) is 35.8 Å². The van der Waals surface area contributed by atoms with E-state index in [9.17, 15) is 9.59 Å². The van der Waals surface area contributed by atoms with Gasteiger partial charge in [0.05, 0.1) is 0 Å². The molecule has 2 aliphatic rings. The Morgan fingerprint density at radius 1 is 1.12 bits per heavy atom. The van der Waals surface area contributed by atoms with Gasteiger partial charge in [0.15, 0.2) is 0 Å². The van der Waals surface area contributed by atoms with Crippen LogP contribution >= 0.6 is 0 Å². The highest BCUT2D eigenvalue weighted by Gasteiger charge is 2.28. The van der Waals surface area contributed by atoms with Crippen LogP contribution in [0.15, 0.2) is 0 Å². The standard InChI is InChI=1S/C12H20N2O2/c1-9(15)14-7-5-11(6-8-14)13-12(16)10-3-2-4-10/h10-11H,2-8H2,1H3,(H,13,16). The van der Waals surface area contributed by atoms with Gasteiger partial charge in [-0.3, -0.25) is 9.59 Å². The number of piperidine rings is 1. The van der Waals surface area contributed by atoms with Gasteiger partial charge in [-0.2, -0.15) is 0 Å². The molecule has 1 heterocycles. The van der Waals surface area contributed by atoms with E-state index in [1.54, 1.807) is 6.92 Å². The molecule has 2 rings (SSSR count). The molecule has 1 aliphatic heterocycles. The minimum absolute atomic E-state index is 0.142. The van der Waals surface area contributed by atoms with Gasteiger partial charge in [0.1, 0.15) is 0 Å².